The van der Waals surface area contributed by atoms with Crippen molar-refractivity contribution in [2.45, 2.75) is 18.4 Å². The van der Waals surface area contributed by atoms with Gasteiger partial charge < -0.3 is 20.3 Å². The molecule has 2 aromatic carbocycles. The van der Waals surface area contributed by atoms with Crippen LogP contribution in [-0.4, -0.2) is 37.9 Å². The number of imidazole rings is 1. The van der Waals surface area contributed by atoms with Gasteiger partial charge in [-0.3, -0.25) is 4.57 Å². The molecule has 1 saturated carbocycles. The van der Waals surface area contributed by atoms with E-state index in [2.05, 4.69) is 9.88 Å². The van der Waals surface area contributed by atoms with Gasteiger partial charge in [-0.05, 0) is 66.3 Å². The number of rotatable bonds is 4. The van der Waals surface area contributed by atoms with E-state index in [0.29, 0.717) is 38.9 Å². The molecule has 1 aliphatic carbocycles. The van der Waals surface area contributed by atoms with Gasteiger partial charge in [0.2, 0.25) is 0 Å². The van der Waals surface area contributed by atoms with Gasteiger partial charge in [0.15, 0.2) is 0 Å². The van der Waals surface area contributed by atoms with Gasteiger partial charge in [-0.25, -0.2) is 14.2 Å². The summed E-state index contributed by atoms with van der Waals surface area (Å²) in [6.45, 7) is 1.59. The van der Waals surface area contributed by atoms with Crippen molar-refractivity contribution in [2.75, 3.05) is 18.0 Å². The van der Waals surface area contributed by atoms with Crippen molar-refractivity contribution in [1.82, 2.24) is 14.1 Å². The number of benzene rings is 2. The first-order valence-electron chi connectivity index (χ1n) is 11.8. The molecule has 1 aliphatic heterocycles. The number of phenols is 1. The average molecular weight is 506 g/mol. The van der Waals surface area contributed by atoms with Gasteiger partial charge in [-0.15, -0.1) is 0 Å². The van der Waals surface area contributed by atoms with E-state index in [1.165, 1.54) is 21.3 Å². The van der Waals surface area contributed by atoms with Crippen molar-refractivity contribution in [1.29, 1.82) is 0 Å². The van der Waals surface area contributed by atoms with Crippen LogP contribution in [-0.2, 0) is 7.05 Å². The van der Waals surface area contributed by atoms with Gasteiger partial charge in [0, 0.05) is 55.4 Å². The Bertz CT molecular complexity index is 1560. The quantitative estimate of drug-likeness (QED) is 0.431. The second kappa shape index (κ2) is 8.21. The fraction of sp³-hybridized carbons (Fsp3) is 0.259. The molecule has 7 nitrogen and oxygen atoms in total. The van der Waals surface area contributed by atoms with E-state index in [9.17, 15) is 14.3 Å². The molecular formula is C27H25ClFN5O2. The van der Waals surface area contributed by atoms with E-state index in [4.69, 9.17) is 17.3 Å². The predicted molar refractivity (Wildman–Crippen MR) is 138 cm³/mol. The summed E-state index contributed by atoms with van der Waals surface area (Å²) in [7, 11) is 1.65. The van der Waals surface area contributed by atoms with Crippen LogP contribution >= 0.6 is 11.6 Å². The van der Waals surface area contributed by atoms with Crippen molar-refractivity contribution >= 4 is 17.4 Å². The number of pyridine rings is 1. The number of nitrogens with zero attached hydrogens (tertiary/aromatic N) is 4. The van der Waals surface area contributed by atoms with Crippen LogP contribution in [0.3, 0.4) is 0 Å². The van der Waals surface area contributed by atoms with Gasteiger partial charge in [-0.2, -0.15) is 0 Å². The lowest BCUT2D eigenvalue weighted by Gasteiger charge is -2.40. The summed E-state index contributed by atoms with van der Waals surface area (Å²) in [6.07, 6.45) is 7.07. The molecule has 2 unspecified atom stereocenters. The molecule has 1 saturated heterocycles. The lowest BCUT2D eigenvalue weighted by Crippen LogP contribution is -2.54. The second-order valence-electron chi connectivity index (χ2n) is 9.83. The van der Waals surface area contributed by atoms with Gasteiger partial charge >= 0.3 is 5.69 Å². The zero-order chi connectivity index (χ0) is 25.2. The summed E-state index contributed by atoms with van der Waals surface area (Å²) in [4.78, 5) is 19.0. The largest absolute Gasteiger partial charge is 0.507 e. The predicted octanol–water partition coefficient (Wildman–Crippen LogP) is 4.33. The standard InChI is InChI=1S/C27H25ClFN5O2/c1-32-8-9-34(26(32)36)23-3-2-16(10-22(23)28)20-12-19(29)13-21(25(20)35)17-5-7-31-24(11-17)33-14-18-4-6-27(18,30)15-33/h2-3,5,7-13,18,35H,4,6,14-15,30H2,1H3. The molecule has 3 heterocycles. The summed E-state index contributed by atoms with van der Waals surface area (Å²) >= 11 is 6.51. The molecule has 0 amide bonds. The van der Waals surface area contributed by atoms with E-state index in [1.807, 2.05) is 6.07 Å². The summed E-state index contributed by atoms with van der Waals surface area (Å²) in [6, 6.07) is 11.2. The minimum absolute atomic E-state index is 0.0639. The molecule has 0 bridgehead atoms. The van der Waals surface area contributed by atoms with E-state index >= 15 is 0 Å². The van der Waals surface area contributed by atoms with Crippen LogP contribution in [0.25, 0.3) is 27.9 Å². The van der Waals surface area contributed by atoms with Crippen LogP contribution in [0.2, 0.25) is 5.02 Å². The van der Waals surface area contributed by atoms with Crippen molar-refractivity contribution in [3.63, 3.8) is 0 Å². The van der Waals surface area contributed by atoms with Crippen LogP contribution in [0, 0.1) is 11.7 Å². The number of anilines is 1. The summed E-state index contributed by atoms with van der Waals surface area (Å²) in [5.41, 5.74) is 8.45. The highest BCUT2D eigenvalue weighted by atomic mass is 35.5. The van der Waals surface area contributed by atoms with E-state index in [1.54, 1.807) is 49.9 Å². The smallest absolute Gasteiger partial charge is 0.332 e. The number of aromatic hydroxyl groups is 1. The monoisotopic (exact) mass is 505 g/mol. The van der Waals surface area contributed by atoms with E-state index in [0.717, 1.165) is 31.7 Å². The Morgan fingerprint density at radius 2 is 1.89 bits per heavy atom. The zero-order valence-electron chi connectivity index (χ0n) is 19.7. The normalized spacial score (nSPS) is 20.9. The summed E-state index contributed by atoms with van der Waals surface area (Å²) in [5, 5.41) is 11.5. The van der Waals surface area contributed by atoms with Crippen LogP contribution < -0.4 is 16.3 Å². The number of halogens is 2. The van der Waals surface area contributed by atoms with Crippen LogP contribution in [0.1, 0.15) is 12.8 Å². The SMILES string of the molecule is Cn1ccn(-c2ccc(-c3cc(F)cc(-c4ccnc(N5CC6CCC6(N)C5)c4)c3O)cc2Cl)c1=O. The first-order valence-corrected chi connectivity index (χ1v) is 12.2. The molecule has 2 fully saturated rings. The molecule has 3 N–H and O–H groups in total. The van der Waals surface area contributed by atoms with Crippen LogP contribution in [0.5, 0.6) is 5.75 Å². The molecule has 184 valence electrons. The molecule has 0 spiro atoms. The average Bonchev–Trinajstić information content (AvgIpc) is 3.31. The highest BCUT2D eigenvalue weighted by Gasteiger charge is 2.50. The first kappa shape index (κ1) is 22.8. The Kier molecular flexibility index (Phi) is 5.21. The molecule has 2 aromatic heterocycles. The number of fused-ring (bicyclic) bond motifs is 1. The van der Waals surface area contributed by atoms with Crippen molar-refractivity contribution in [2.24, 2.45) is 18.7 Å². The third-order valence-electron chi connectivity index (χ3n) is 7.62. The zero-order valence-corrected chi connectivity index (χ0v) is 20.4. The molecule has 2 aliphatic rings. The Morgan fingerprint density at radius 1 is 1.14 bits per heavy atom. The first-order chi connectivity index (χ1) is 17.2. The molecule has 6 rings (SSSR count). The molecule has 4 aromatic rings. The lowest BCUT2D eigenvalue weighted by molar-refractivity contribution is 0.189. The van der Waals surface area contributed by atoms with Crippen LogP contribution in [0.4, 0.5) is 10.2 Å². The number of phenolic OH excluding ortho intramolecular Hbond substituents is 1. The Hall–Kier alpha value is -3.62. The lowest BCUT2D eigenvalue weighted by atomic mass is 9.70. The highest BCUT2D eigenvalue weighted by Crippen LogP contribution is 2.45. The minimum Gasteiger partial charge on any atom is -0.507 e. The van der Waals surface area contributed by atoms with Gasteiger partial charge in [0.25, 0.3) is 0 Å². The number of hydrogen-bond donors (Lipinski definition) is 2. The van der Waals surface area contributed by atoms with E-state index in [-0.39, 0.29) is 17.0 Å². The minimum atomic E-state index is -0.490. The number of hydrogen-bond acceptors (Lipinski definition) is 5. The third-order valence-corrected chi connectivity index (χ3v) is 7.92. The van der Waals surface area contributed by atoms with Crippen LogP contribution in [0.15, 0.2) is 65.8 Å². The maximum atomic E-state index is 14.8. The number of aromatic nitrogens is 3. The highest BCUT2D eigenvalue weighted by molar-refractivity contribution is 6.32. The van der Waals surface area contributed by atoms with Crippen molar-refractivity contribution in [3.8, 4) is 33.7 Å². The Labute approximate surface area is 212 Å². The van der Waals surface area contributed by atoms with E-state index < -0.39 is 5.82 Å². The molecule has 2 atom stereocenters. The summed E-state index contributed by atoms with van der Waals surface area (Å²) in [5.74, 6) is 0.677. The summed E-state index contributed by atoms with van der Waals surface area (Å²) < 4.78 is 17.7. The number of nitrogens with two attached hydrogens (primary N) is 1. The Balaban J connectivity index is 1.37. The number of aryl methyl sites for hydroxylation is 1. The molecule has 36 heavy (non-hydrogen) atoms. The van der Waals surface area contributed by atoms with Gasteiger partial charge in [0.05, 0.1) is 10.7 Å². The van der Waals surface area contributed by atoms with Crippen molar-refractivity contribution < 1.29 is 9.50 Å². The Morgan fingerprint density at radius 3 is 2.47 bits per heavy atom. The maximum Gasteiger partial charge on any atom is 0.332 e. The fourth-order valence-electron chi connectivity index (χ4n) is 5.38. The second-order valence-corrected chi connectivity index (χ2v) is 10.2. The van der Waals surface area contributed by atoms with Gasteiger partial charge in [0.1, 0.15) is 17.4 Å². The van der Waals surface area contributed by atoms with Gasteiger partial charge in [-0.1, -0.05) is 17.7 Å². The third kappa shape index (κ3) is 3.60. The fourth-order valence-corrected chi connectivity index (χ4v) is 5.65. The topological polar surface area (TPSA) is 89.3 Å². The molecule has 0 radical (unpaired) electrons. The van der Waals surface area contributed by atoms with Crippen molar-refractivity contribution in [3.05, 3.63) is 82.4 Å². The molecular weight excluding hydrogens is 481 g/mol. The molecule has 9 heteroatoms. The maximum absolute atomic E-state index is 14.8.